The van der Waals surface area contributed by atoms with Crippen molar-refractivity contribution in [2.45, 2.75) is 12.1 Å². The van der Waals surface area contributed by atoms with Crippen molar-refractivity contribution in [2.24, 2.45) is 0 Å². The quantitative estimate of drug-likeness (QED) is 0.322. The van der Waals surface area contributed by atoms with Gasteiger partial charge in [0.1, 0.15) is 5.75 Å². The molecule has 4 aromatic rings. The SMILES string of the molecule is COc1ccc(NC(=O)CSc2nnc(-c3ccc(Br)cc3)n2-c2cccc(C)c2)cc1. The fourth-order valence-corrected chi connectivity index (χ4v) is 4.17. The molecule has 0 unspecified atom stereocenters. The fraction of sp³-hybridized carbons (Fsp3) is 0.125. The summed E-state index contributed by atoms with van der Waals surface area (Å²) in [7, 11) is 1.61. The van der Waals surface area contributed by atoms with Gasteiger partial charge in [-0.1, -0.05) is 52.0 Å². The Morgan fingerprint density at radius 3 is 2.50 bits per heavy atom. The highest BCUT2D eigenvalue weighted by molar-refractivity contribution is 9.10. The second-order valence-electron chi connectivity index (χ2n) is 7.05. The molecule has 0 radical (unpaired) electrons. The lowest BCUT2D eigenvalue weighted by Crippen LogP contribution is -2.14. The van der Waals surface area contributed by atoms with Crippen molar-refractivity contribution in [3.8, 4) is 22.8 Å². The van der Waals surface area contributed by atoms with Gasteiger partial charge in [0.05, 0.1) is 12.9 Å². The Kier molecular flexibility index (Phi) is 6.92. The molecular weight excluding hydrogens is 488 g/mol. The third-order valence-corrected chi connectivity index (χ3v) is 6.16. The van der Waals surface area contributed by atoms with E-state index in [-0.39, 0.29) is 11.7 Å². The average Bonchev–Trinajstić information content (AvgIpc) is 3.23. The van der Waals surface area contributed by atoms with Gasteiger partial charge in [-0.2, -0.15) is 0 Å². The number of halogens is 1. The molecule has 4 rings (SSSR count). The van der Waals surface area contributed by atoms with Gasteiger partial charge in [-0.3, -0.25) is 9.36 Å². The highest BCUT2D eigenvalue weighted by Crippen LogP contribution is 2.29. The predicted molar refractivity (Wildman–Crippen MR) is 132 cm³/mol. The van der Waals surface area contributed by atoms with Crippen molar-refractivity contribution in [3.63, 3.8) is 0 Å². The smallest absolute Gasteiger partial charge is 0.234 e. The number of aromatic nitrogens is 3. The molecule has 0 aliphatic heterocycles. The number of methoxy groups -OCH3 is 1. The molecule has 1 aromatic heterocycles. The minimum Gasteiger partial charge on any atom is -0.497 e. The van der Waals surface area contributed by atoms with Crippen molar-refractivity contribution in [1.29, 1.82) is 0 Å². The summed E-state index contributed by atoms with van der Waals surface area (Å²) in [6.07, 6.45) is 0. The molecule has 32 heavy (non-hydrogen) atoms. The molecule has 0 saturated carbocycles. The standard InChI is InChI=1S/C24H21BrN4O2S/c1-16-4-3-5-20(14-16)29-23(17-6-8-18(25)9-7-17)27-28-24(29)32-15-22(30)26-19-10-12-21(31-2)13-11-19/h3-14H,15H2,1-2H3,(H,26,30). The van der Waals surface area contributed by atoms with Crippen LogP contribution in [0, 0.1) is 6.92 Å². The van der Waals surface area contributed by atoms with Crippen molar-refractivity contribution in [2.75, 3.05) is 18.2 Å². The van der Waals surface area contributed by atoms with E-state index in [9.17, 15) is 4.79 Å². The summed E-state index contributed by atoms with van der Waals surface area (Å²) in [6.45, 7) is 2.04. The van der Waals surface area contributed by atoms with E-state index in [2.05, 4.69) is 37.5 Å². The molecule has 0 spiro atoms. The normalized spacial score (nSPS) is 10.7. The van der Waals surface area contributed by atoms with Gasteiger partial charge in [-0.05, 0) is 61.0 Å². The van der Waals surface area contributed by atoms with E-state index in [1.54, 1.807) is 7.11 Å². The number of amides is 1. The molecule has 0 atom stereocenters. The Hall–Kier alpha value is -3.10. The van der Waals surface area contributed by atoms with E-state index in [1.807, 2.05) is 78.2 Å². The Bertz CT molecular complexity index is 1220. The van der Waals surface area contributed by atoms with Crippen molar-refractivity contribution in [3.05, 3.63) is 82.8 Å². The zero-order chi connectivity index (χ0) is 22.5. The molecule has 8 heteroatoms. The minimum absolute atomic E-state index is 0.121. The van der Waals surface area contributed by atoms with Crippen LogP contribution < -0.4 is 10.1 Å². The van der Waals surface area contributed by atoms with Crippen LogP contribution in [0.3, 0.4) is 0 Å². The van der Waals surface area contributed by atoms with Crippen LogP contribution >= 0.6 is 27.7 Å². The van der Waals surface area contributed by atoms with Gasteiger partial charge in [0.2, 0.25) is 5.91 Å². The highest BCUT2D eigenvalue weighted by atomic mass is 79.9. The number of nitrogens with one attached hydrogen (secondary N) is 1. The van der Waals surface area contributed by atoms with Gasteiger partial charge in [0.15, 0.2) is 11.0 Å². The number of benzene rings is 3. The van der Waals surface area contributed by atoms with Crippen LogP contribution in [-0.4, -0.2) is 33.5 Å². The zero-order valence-electron chi connectivity index (χ0n) is 17.6. The number of aryl methyl sites for hydroxylation is 1. The molecule has 0 aliphatic carbocycles. The Morgan fingerprint density at radius 1 is 1.06 bits per heavy atom. The summed E-state index contributed by atoms with van der Waals surface area (Å²) < 4.78 is 8.13. The van der Waals surface area contributed by atoms with Crippen LogP contribution in [-0.2, 0) is 4.79 Å². The summed E-state index contributed by atoms with van der Waals surface area (Å²) in [5.74, 6) is 1.55. The number of nitrogens with zero attached hydrogens (tertiary/aromatic N) is 3. The van der Waals surface area contributed by atoms with E-state index in [1.165, 1.54) is 11.8 Å². The minimum atomic E-state index is -0.121. The van der Waals surface area contributed by atoms with Crippen LogP contribution in [0.1, 0.15) is 5.56 Å². The molecule has 0 bridgehead atoms. The van der Waals surface area contributed by atoms with Gasteiger partial charge in [-0.15, -0.1) is 10.2 Å². The van der Waals surface area contributed by atoms with E-state index in [0.29, 0.717) is 10.8 Å². The molecular formula is C24H21BrN4O2S. The van der Waals surface area contributed by atoms with Gasteiger partial charge in [0.25, 0.3) is 0 Å². The Balaban J connectivity index is 1.57. The maximum absolute atomic E-state index is 12.5. The van der Waals surface area contributed by atoms with Gasteiger partial charge in [0, 0.05) is 21.4 Å². The number of rotatable bonds is 7. The number of hydrogen-bond donors (Lipinski definition) is 1. The van der Waals surface area contributed by atoms with Gasteiger partial charge >= 0.3 is 0 Å². The topological polar surface area (TPSA) is 69.0 Å². The molecule has 1 amide bonds. The second-order valence-corrected chi connectivity index (χ2v) is 8.91. The summed E-state index contributed by atoms with van der Waals surface area (Å²) in [4.78, 5) is 12.5. The number of hydrogen-bond acceptors (Lipinski definition) is 5. The van der Waals surface area contributed by atoms with Crippen LogP contribution in [0.2, 0.25) is 0 Å². The number of ether oxygens (including phenoxy) is 1. The van der Waals surface area contributed by atoms with Crippen molar-refractivity contribution < 1.29 is 9.53 Å². The fourth-order valence-electron chi connectivity index (χ4n) is 3.15. The molecule has 0 aliphatic rings. The van der Waals surface area contributed by atoms with Crippen LogP contribution in [0.25, 0.3) is 17.1 Å². The van der Waals surface area contributed by atoms with E-state index >= 15 is 0 Å². The molecule has 6 nitrogen and oxygen atoms in total. The molecule has 1 heterocycles. The van der Waals surface area contributed by atoms with E-state index < -0.39 is 0 Å². The highest BCUT2D eigenvalue weighted by Gasteiger charge is 2.17. The summed E-state index contributed by atoms with van der Waals surface area (Å²) in [5.41, 5.74) is 3.74. The van der Waals surface area contributed by atoms with Crippen LogP contribution in [0.5, 0.6) is 5.75 Å². The average molecular weight is 509 g/mol. The molecule has 0 fully saturated rings. The van der Waals surface area contributed by atoms with Crippen molar-refractivity contribution >= 4 is 39.3 Å². The largest absolute Gasteiger partial charge is 0.497 e. The molecule has 1 N–H and O–H groups in total. The summed E-state index contributed by atoms with van der Waals surface area (Å²) >= 11 is 4.82. The number of carbonyl (C=O) groups is 1. The monoisotopic (exact) mass is 508 g/mol. The molecule has 0 saturated heterocycles. The van der Waals surface area contributed by atoms with E-state index in [4.69, 9.17) is 4.74 Å². The Morgan fingerprint density at radius 2 is 1.81 bits per heavy atom. The first kappa shape index (κ1) is 22.1. The lowest BCUT2D eigenvalue weighted by Gasteiger charge is -2.11. The first-order valence-electron chi connectivity index (χ1n) is 9.88. The number of carbonyl (C=O) groups excluding carboxylic acids is 1. The lowest BCUT2D eigenvalue weighted by molar-refractivity contribution is -0.113. The zero-order valence-corrected chi connectivity index (χ0v) is 20.0. The Labute approximate surface area is 199 Å². The first-order chi connectivity index (χ1) is 15.5. The number of anilines is 1. The molecule has 162 valence electrons. The van der Waals surface area contributed by atoms with Gasteiger partial charge in [-0.25, -0.2) is 0 Å². The molecule has 3 aromatic carbocycles. The first-order valence-corrected chi connectivity index (χ1v) is 11.7. The van der Waals surface area contributed by atoms with Crippen LogP contribution in [0.15, 0.2) is 82.4 Å². The maximum Gasteiger partial charge on any atom is 0.234 e. The third kappa shape index (κ3) is 5.20. The predicted octanol–water partition coefficient (Wildman–Crippen LogP) is 5.74. The van der Waals surface area contributed by atoms with Gasteiger partial charge < -0.3 is 10.1 Å². The third-order valence-electron chi connectivity index (χ3n) is 4.70. The number of thioether (sulfide) groups is 1. The maximum atomic E-state index is 12.5. The van der Waals surface area contributed by atoms with Crippen molar-refractivity contribution in [1.82, 2.24) is 14.8 Å². The summed E-state index contributed by atoms with van der Waals surface area (Å²) in [5, 5.41) is 12.4. The van der Waals surface area contributed by atoms with E-state index in [0.717, 1.165) is 32.9 Å². The summed E-state index contributed by atoms with van der Waals surface area (Å²) in [6, 6.07) is 23.3. The lowest BCUT2D eigenvalue weighted by atomic mass is 10.2. The second kappa shape index (κ2) is 10.0. The van der Waals surface area contributed by atoms with Crippen LogP contribution in [0.4, 0.5) is 5.69 Å².